The van der Waals surface area contributed by atoms with Crippen molar-refractivity contribution >= 4 is 17.5 Å². The fourth-order valence-corrected chi connectivity index (χ4v) is 4.06. The molecule has 8 nitrogen and oxygen atoms in total. The molecule has 2 heterocycles. The molecule has 1 aromatic heterocycles. The molecule has 8 heteroatoms. The highest BCUT2D eigenvalue weighted by atomic mass is 16.5. The second-order valence-electron chi connectivity index (χ2n) is 8.65. The highest BCUT2D eigenvalue weighted by Crippen LogP contribution is 2.39. The number of nitrogens with one attached hydrogen (secondary N) is 1. The average Bonchev–Trinajstić information content (AvgIpc) is 3.60. The lowest BCUT2D eigenvalue weighted by atomic mass is 10.1. The van der Waals surface area contributed by atoms with Crippen molar-refractivity contribution in [1.29, 1.82) is 0 Å². The first kappa shape index (κ1) is 21.2. The minimum absolute atomic E-state index is 0.0575. The Morgan fingerprint density at radius 2 is 1.70 bits per heavy atom. The summed E-state index contributed by atoms with van der Waals surface area (Å²) in [4.78, 5) is 33.8. The highest BCUT2D eigenvalue weighted by Gasteiger charge is 2.30. The van der Waals surface area contributed by atoms with E-state index in [1.165, 1.54) is 0 Å². The normalized spacial score (nSPS) is 17.0. The maximum absolute atomic E-state index is 12.8. The van der Waals surface area contributed by atoms with Crippen LogP contribution >= 0.6 is 0 Å². The van der Waals surface area contributed by atoms with Crippen molar-refractivity contribution in [2.24, 2.45) is 0 Å². The predicted molar refractivity (Wildman–Crippen MR) is 124 cm³/mol. The molecule has 1 atom stereocenters. The van der Waals surface area contributed by atoms with Crippen LogP contribution in [0.1, 0.15) is 41.9 Å². The predicted octanol–water partition coefficient (Wildman–Crippen LogP) is 3.08. The number of rotatable bonds is 6. The molecular formula is C25H27N5O3. The van der Waals surface area contributed by atoms with Crippen molar-refractivity contribution in [1.82, 2.24) is 20.4 Å². The zero-order valence-corrected chi connectivity index (χ0v) is 18.6. The van der Waals surface area contributed by atoms with Gasteiger partial charge in [-0.1, -0.05) is 23.4 Å². The van der Waals surface area contributed by atoms with Gasteiger partial charge in [-0.15, -0.1) is 0 Å². The molecule has 0 spiro atoms. The molecule has 2 aromatic carbocycles. The second-order valence-corrected chi connectivity index (χ2v) is 8.65. The van der Waals surface area contributed by atoms with E-state index in [1.54, 1.807) is 31.2 Å². The third-order valence-corrected chi connectivity index (χ3v) is 6.20. The Morgan fingerprint density at radius 3 is 2.36 bits per heavy atom. The number of carbonyl (C=O) groups excluding carboxylic acids is 2. The van der Waals surface area contributed by atoms with Gasteiger partial charge in [0, 0.05) is 48.9 Å². The van der Waals surface area contributed by atoms with Gasteiger partial charge in [0.1, 0.15) is 6.04 Å². The Morgan fingerprint density at radius 1 is 1.00 bits per heavy atom. The van der Waals surface area contributed by atoms with E-state index in [4.69, 9.17) is 4.52 Å². The SMILES string of the molecule is C[C@@H](NC(=O)c1ccccc1)C(=O)N1CCN(c2ccc(-c3noc(C4CC4)n3)cc2)CC1. The van der Waals surface area contributed by atoms with Crippen LogP contribution in [0.4, 0.5) is 5.69 Å². The third kappa shape index (κ3) is 4.74. The van der Waals surface area contributed by atoms with Gasteiger partial charge >= 0.3 is 0 Å². The number of hydrogen-bond acceptors (Lipinski definition) is 6. The van der Waals surface area contributed by atoms with Crippen molar-refractivity contribution in [3.8, 4) is 11.4 Å². The van der Waals surface area contributed by atoms with Crippen molar-refractivity contribution in [2.45, 2.75) is 31.7 Å². The maximum atomic E-state index is 12.8. The van der Waals surface area contributed by atoms with Crippen molar-refractivity contribution in [3.05, 3.63) is 66.1 Å². The number of anilines is 1. The summed E-state index contributed by atoms with van der Waals surface area (Å²) >= 11 is 0. The van der Waals surface area contributed by atoms with Crippen LogP contribution in [0.25, 0.3) is 11.4 Å². The zero-order chi connectivity index (χ0) is 22.8. The summed E-state index contributed by atoms with van der Waals surface area (Å²) in [7, 11) is 0. The summed E-state index contributed by atoms with van der Waals surface area (Å²) in [6.45, 7) is 4.43. The van der Waals surface area contributed by atoms with Crippen LogP contribution in [0.3, 0.4) is 0 Å². The van der Waals surface area contributed by atoms with E-state index in [1.807, 2.05) is 23.1 Å². The lowest BCUT2D eigenvalue weighted by molar-refractivity contribution is -0.133. The van der Waals surface area contributed by atoms with Gasteiger partial charge in [0.25, 0.3) is 5.91 Å². The number of piperazine rings is 1. The molecule has 3 aromatic rings. The van der Waals surface area contributed by atoms with E-state index >= 15 is 0 Å². The smallest absolute Gasteiger partial charge is 0.251 e. The van der Waals surface area contributed by atoms with Gasteiger partial charge in [-0.3, -0.25) is 9.59 Å². The van der Waals surface area contributed by atoms with Gasteiger partial charge in [0.05, 0.1) is 0 Å². The molecule has 1 saturated carbocycles. The van der Waals surface area contributed by atoms with Crippen molar-refractivity contribution in [3.63, 3.8) is 0 Å². The van der Waals surface area contributed by atoms with Crippen LogP contribution in [-0.2, 0) is 4.79 Å². The number of carbonyl (C=O) groups is 2. The molecule has 0 bridgehead atoms. The molecule has 5 rings (SSSR count). The Kier molecular flexibility index (Phi) is 5.81. The maximum Gasteiger partial charge on any atom is 0.251 e. The molecule has 2 aliphatic rings. The minimum Gasteiger partial charge on any atom is -0.368 e. The standard InChI is InChI=1S/C25H27N5O3/c1-17(26-23(31)19-5-3-2-4-6-19)25(32)30-15-13-29(14-16-30)21-11-9-18(10-12-21)22-27-24(33-28-22)20-7-8-20/h2-6,9-12,17,20H,7-8,13-16H2,1H3,(H,26,31)/t17-/m1/s1. The van der Waals surface area contributed by atoms with E-state index in [0.717, 1.165) is 43.1 Å². The molecule has 2 amide bonds. The number of nitrogens with zero attached hydrogens (tertiary/aromatic N) is 4. The monoisotopic (exact) mass is 445 g/mol. The largest absolute Gasteiger partial charge is 0.368 e. The molecule has 0 radical (unpaired) electrons. The van der Waals surface area contributed by atoms with E-state index in [-0.39, 0.29) is 11.8 Å². The summed E-state index contributed by atoms with van der Waals surface area (Å²) in [5, 5.41) is 6.91. The summed E-state index contributed by atoms with van der Waals surface area (Å²) in [6, 6.07) is 16.5. The molecule has 170 valence electrons. The van der Waals surface area contributed by atoms with Gasteiger partial charge in [0.2, 0.25) is 17.6 Å². The molecule has 2 fully saturated rings. The lowest BCUT2D eigenvalue weighted by Gasteiger charge is -2.37. The lowest BCUT2D eigenvalue weighted by Crippen LogP contribution is -2.54. The molecule has 1 saturated heterocycles. The molecule has 1 aliphatic carbocycles. The fourth-order valence-electron chi connectivity index (χ4n) is 4.06. The second kappa shape index (κ2) is 9.05. The van der Waals surface area contributed by atoms with Crippen molar-refractivity contribution in [2.75, 3.05) is 31.1 Å². The van der Waals surface area contributed by atoms with Gasteiger partial charge in [-0.05, 0) is 56.2 Å². The minimum atomic E-state index is -0.570. The van der Waals surface area contributed by atoms with Crippen LogP contribution in [0.15, 0.2) is 59.1 Å². The highest BCUT2D eigenvalue weighted by molar-refractivity contribution is 5.97. The topological polar surface area (TPSA) is 91.6 Å². The van der Waals surface area contributed by atoms with Crippen LogP contribution in [0, 0.1) is 0 Å². The first-order valence-corrected chi connectivity index (χ1v) is 11.4. The Hall–Kier alpha value is -3.68. The van der Waals surface area contributed by atoms with E-state index < -0.39 is 6.04 Å². The first-order valence-electron chi connectivity index (χ1n) is 11.4. The van der Waals surface area contributed by atoms with Gasteiger partial charge in [-0.2, -0.15) is 4.98 Å². The number of aromatic nitrogens is 2. The van der Waals surface area contributed by atoms with Crippen molar-refractivity contribution < 1.29 is 14.1 Å². The first-order chi connectivity index (χ1) is 16.1. The number of amides is 2. The third-order valence-electron chi connectivity index (χ3n) is 6.20. The van der Waals surface area contributed by atoms with Crippen LogP contribution in [0.2, 0.25) is 0 Å². The van der Waals surface area contributed by atoms with Crippen LogP contribution in [-0.4, -0.2) is 59.1 Å². The molecule has 1 N–H and O–H groups in total. The fraction of sp³-hybridized carbons (Fsp3) is 0.360. The van der Waals surface area contributed by atoms with E-state index in [0.29, 0.717) is 30.4 Å². The average molecular weight is 446 g/mol. The molecule has 1 aliphatic heterocycles. The molecular weight excluding hydrogens is 418 g/mol. The summed E-state index contributed by atoms with van der Waals surface area (Å²) < 4.78 is 5.36. The zero-order valence-electron chi connectivity index (χ0n) is 18.6. The summed E-state index contributed by atoms with van der Waals surface area (Å²) in [6.07, 6.45) is 2.26. The molecule has 0 unspecified atom stereocenters. The quantitative estimate of drug-likeness (QED) is 0.627. The number of hydrogen-bond donors (Lipinski definition) is 1. The van der Waals surface area contributed by atoms with Crippen LogP contribution < -0.4 is 10.2 Å². The Balaban J connectivity index is 1.14. The van der Waals surface area contributed by atoms with E-state index in [2.05, 4.69) is 32.5 Å². The Labute approximate surface area is 192 Å². The molecule has 33 heavy (non-hydrogen) atoms. The van der Waals surface area contributed by atoms with Gasteiger partial charge in [0.15, 0.2) is 0 Å². The number of benzene rings is 2. The van der Waals surface area contributed by atoms with Gasteiger partial charge in [-0.25, -0.2) is 0 Å². The van der Waals surface area contributed by atoms with Crippen LogP contribution in [0.5, 0.6) is 0 Å². The van der Waals surface area contributed by atoms with E-state index in [9.17, 15) is 9.59 Å². The summed E-state index contributed by atoms with van der Waals surface area (Å²) in [5.74, 6) is 1.52. The Bertz CT molecular complexity index is 1120. The summed E-state index contributed by atoms with van der Waals surface area (Å²) in [5.41, 5.74) is 2.59. The van der Waals surface area contributed by atoms with Gasteiger partial charge < -0.3 is 19.6 Å².